The first kappa shape index (κ1) is 20.2. The lowest BCUT2D eigenvalue weighted by Crippen LogP contribution is -2.13. The van der Waals surface area contributed by atoms with Crippen LogP contribution in [0, 0.1) is 0 Å². The third-order valence-electron chi connectivity index (χ3n) is 5.60. The van der Waals surface area contributed by atoms with E-state index in [1.54, 1.807) is 13.3 Å². The van der Waals surface area contributed by atoms with Gasteiger partial charge in [-0.2, -0.15) is 0 Å². The lowest BCUT2D eigenvalue weighted by Gasteiger charge is -2.08. The normalized spacial score (nSPS) is 13.5. The molecule has 1 aliphatic carbocycles. The minimum Gasteiger partial charge on any atom is -0.491 e. The lowest BCUT2D eigenvalue weighted by atomic mass is 10.0. The fourth-order valence-corrected chi connectivity index (χ4v) is 3.90. The zero-order valence-corrected chi connectivity index (χ0v) is 17.8. The number of methoxy groups -OCH3 is 1. The Labute approximate surface area is 186 Å². The van der Waals surface area contributed by atoms with Crippen LogP contribution in [0.1, 0.15) is 32.6 Å². The Bertz CT molecular complexity index is 1230. The molecular weight excluding hydrogens is 402 g/mol. The minimum atomic E-state index is -0.176. The number of nitrogens with one attached hydrogen (secondary N) is 1. The Morgan fingerprint density at radius 3 is 2.78 bits per heavy atom. The molecular formula is C26H23N3O3. The molecule has 1 aliphatic heterocycles. The molecule has 1 amide bonds. The average Bonchev–Trinajstić information content (AvgIpc) is 3.45. The summed E-state index contributed by atoms with van der Waals surface area (Å²) in [6.07, 6.45) is 7.54. The van der Waals surface area contributed by atoms with Crippen LogP contribution in [-0.4, -0.2) is 36.9 Å². The van der Waals surface area contributed by atoms with E-state index in [2.05, 4.69) is 16.4 Å². The smallest absolute Gasteiger partial charge is 0.256 e. The number of nitrogens with zero attached hydrogens (tertiary/aromatic N) is 2. The van der Waals surface area contributed by atoms with E-state index in [-0.39, 0.29) is 5.91 Å². The van der Waals surface area contributed by atoms with Gasteiger partial charge in [-0.3, -0.25) is 9.79 Å². The summed E-state index contributed by atoms with van der Waals surface area (Å²) in [5.41, 5.74) is 6.94. The van der Waals surface area contributed by atoms with Gasteiger partial charge < -0.3 is 14.8 Å². The molecule has 0 radical (unpaired) electrons. The number of hydrogen-bond acceptors (Lipinski definition) is 5. The molecule has 2 aromatic carbocycles. The van der Waals surface area contributed by atoms with Crippen molar-refractivity contribution >= 4 is 29.2 Å². The standard InChI is InChI=1S/C26H23N3O3/c1-31-11-12-32-22-9-10-23-21(13-22)14-24(28-23)17-5-7-18(8-6-17)26(30)29-25-15-19-3-2-4-20(19)16-27-25/h2,4-10,13,15-16H,3,11-12,14H2,1H3,(H,27,29,30). The van der Waals surface area contributed by atoms with Crippen molar-refractivity contribution in [2.24, 2.45) is 4.99 Å². The first-order valence-corrected chi connectivity index (χ1v) is 10.6. The quantitative estimate of drug-likeness (QED) is 0.562. The molecule has 3 aromatic rings. The number of pyridine rings is 1. The number of fused-ring (bicyclic) bond motifs is 2. The summed E-state index contributed by atoms with van der Waals surface area (Å²) in [5.74, 6) is 1.21. The zero-order valence-electron chi connectivity index (χ0n) is 17.8. The number of rotatable bonds is 7. The van der Waals surface area contributed by atoms with Gasteiger partial charge in [0, 0.05) is 25.3 Å². The third kappa shape index (κ3) is 4.18. The van der Waals surface area contributed by atoms with Crippen molar-refractivity contribution in [3.05, 3.63) is 88.6 Å². The SMILES string of the molecule is COCCOc1ccc2c(c1)CC(c1ccc(C(=O)Nc3cc4c(cn3)C=CC4)cc1)=N2. The largest absolute Gasteiger partial charge is 0.491 e. The molecule has 0 saturated carbocycles. The molecule has 5 rings (SSSR count). The van der Waals surface area contributed by atoms with Crippen LogP contribution in [0.3, 0.4) is 0 Å². The maximum Gasteiger partial charge on any atom is 0.256 e. The lowest BCUT2D eigenvalue weighted by molar-refractivity contribution is 0.102. The van der Waals surface area contributed by atoms with Crippen LogP contribution >= 0.6 is 0 Å². The molecule has 1 aromatic heterocycles. The highest BCUT2D eigenvalue weighted by atomic mass is 16.5. The van der Waals surface area contributed by atoms with Crippen molar-refractivity contribution in [3.63, 3.8) is 0 Å². The van der Waals surface area contributed by atoms with Crippen molar-refractivity contribution in [2.45, 2.75) is 12.8 Å². The summed E-state index contributed by atoms with van der Waals surface area (Å²) >= 11 is 0. The van der Waals surface area contributed by atoms with E-state index in [0.29, 0.717) is 24.6 Å². The predicted molar refractivity (Wildman–Crippen MR) is 125 cm³/mol. The molecule has 32 heavy (non-hydrogen) atoms. The predicted octanol–water partition coefficient (Wildman–Crippen LogP) is 4.61. The Kier molecular flexibility index (Phi) is 5.52. The van der Waals surface area contributed by atoms with Crippen LogP contribution in [0.5, 0.6) is 5.75 Å². The van der Waals surface area contributed by atoms with E-state index in [9.17, 15) is 4.79 Å². The zero-order chi connectivity index (χ0) is 21.9. The van der Waals surface area contributed by atoms with Gasteiger partial charge in [-0.1, -0.05) is 24.3 Å². The summed E-state index contributed by atoms with van der Waals surface area (Å²) in [7, 11) is 1.66. The molecule has 0 spiro atoms. The van der Waals surface area contributed by atoms with Crippen LogP contribution < -0.4 is 10.1 Å². The summed E-state index contributed by atoms with van der Waals surface area (Å²) < 4.78 is 10.7. The van der Waals surface area contributed by atoms with E-state index >= 15 is 0 Å². The Morgan fingerprint density at radius 1 is 1.06 bits per heavy atom. The molecule has 0 bridgehead atoms. The number of anilines is 1. The van der Waals surface area contributed by atoms with E-state index in [1.807, 2.05) is 54.6 Å². The van der Waals surface area contributed by atoms with Gasteiger partial charge in [-0.25, -0.2) is 4.98 Å². The van der Waals surface area contributed by atoms with Crippen LogP contribution in [0.4, 0.5) is 11.5 Å². The van der Waals surface area contributed by atoms with Crippen LogP contribution in [-0.2, 0) is 17.6 Å². The number of benzene rings is 2. The fourth-order valence-electron chi connectivity index (χ4n) is 3.90. The summed E-state index contributed by atoms with van der Waals surface area (Å²) in [4.78, 5) is 21.7. The van der Waals surface area contributed by atoms with Gasteiger partial charge in [0.25, 0.3) is 5.91 Å². The second-order valence-corrected chi connectivity index (χ2v) is 7.77. The van der Waals surface area contributed by atoms with Crippen LogP contribution in [0.25, 0.3) is 6.08 Å². The number of aromatic nitrogens is 1. The Morgan fingerprint density at radius 2 is 1.94 bits per heavy atom. The maximum absolute atomic E-state index is 12.7. The second-order valence-electron chi connectivity index (χ2n) is 7.77. The van der Waals surface area contributed by atoms with Crippen LogP contribution in [0.2, 0.25) is 0 Å². The summed E-state index contributed by atoms with van der Waals surface area (Å²) in [5, 5.41) is 2.89. The minimum absolute atomic E-state index is 0.176. The third-order valence-corrected chi connectivity index (χ3v) is 5.60. The van der Waals surface area contributed by atoms with E-state index in [0.717, 1.165) is 46.7 Å². The molecule has 6 nitrogen and oxygen atoms in total. The average molecular weight is 425 g/mol. The molecule has 160 valence electrons. The van der Waals surface area contributed by atoms with Crippen molar-refractivity contribution < 1.29 is 14.3 Å². The fraction of sp³-hybridized carbons (Fsp3) is 0.192. The molecule has 0 fully saturated rings. The van der Waals surface area contributed by atoms with E-state index in [1.165, 1.54) is 5.56 Å². The molecule has 0 atom stereocenters. The molecule has 0 saturated heterocycles. The first-order valence-electron chi connectivity index (χ1n) is 10.6. The molecule has 0 unspecified atom stereocenters. The van der Waals surface area contributed by atoms with Gasteiger partial charge in [0.2, 0.25) is 0 Å². The molecule has 2 aliphatic rings. The Balaban J connectivity index is 1.24. The number of carbonyl (C=O) groups excluding carboxylic acids is 1. The van der Waals surface area contributed by atoms with Crippen molar-refractivity contribution in [2.75, 3.05) is 25.6 Å². The van der Waals surface area contributed by atoms with Gasteiger partial charge in [0.15, 0.2) is 0 Å². The number of amides is 1. The molecule has 2 heterocycles. The first-order chi connectivity index (χ1) is 15.7. The monoisotopic (exact) mass is 425 g/mol. The highest BCUT2D eigenvalue weighted by Gasteiger charge is 2.18. The van der Waals surface area contributed by atoms with Crippen LogP contribution in [0.15, 0.2) is 65.8 Å². The van der Waals surface area contributed by atoms with Crippen molar-refractivity contribution in [1.82, 2.24) is 4.98 Å². The van der Waals surface area contributed by atoms with E-state index in [4.69, 9.17) is 14.5 Å². The highest BCUT2D eigenvalue weighted by Crippen LogP contribution is 2.32. The van der Waals surface area contributed by atoms with Crippen molar-refractivity contribution in [3.8, 4) is 5.75 Å². The highest BCUT2D eigenvalue weighted by molar-refractivity contribution is 6.08. The van der Waals surface area contributed by atoms with E-state index < -0.39 is 0 Å². The number of ether oxygens (including phenoxy) is 2. The maximum atomic E-state index is 12.7. The summed E-state index contributed by atoms with van der Waals surface area (Å²) in [6.45, 7) is 1.07. The van der Waals surface area contributed by atoms with Gasteiger partial charge in [-0.15, -0.1) is 0 Å². The summed E-state index contributed by atoms with van der Waals surface area (Å²) in [6, 6.07) is 15.4. The Hall–Kier alpha value is -3.77. The topological polar surface area (TPSA) is 72.8 Å². The molecule has 1 N–H and O–H groups in total. The number of carbonyl (C=O) groups is 1. The van der Waals surface area contributed by atoms with Gasteiger partial charge in [0.1, 0.15) is 18.2 Å². The second kappa shape index (κ2) is 8.77. The van der Waals surface area contributed by atoms with Gasteiger partial charge >= 0.3 is 0 Å². The van der Waals surface area contributed by atoms with Crippen molar-refractivity contribution in [1.29, 1.82) is 0 Å². The number of hydrogen-bond donors (Lipinski definition) is 1. The molecule has 6 heteroatoms. The number of aliphatic imine (C=N–C) groups is 1. The number of allylic oxidation sites excluding steroid dienone is 1. The van der Waals surface area contributed by atoms with Gasteiger partial charge in [0.05, 0.1) is 18.0 Å². The van der Waals surface area contributed by atoms with Gasteiger partial charge in [-0.05, 0) is 65.1 Å².